The van der Waals surface area contributed by atoms with Crippen LogP contribution >= 0.6 is 0 Å². The first-order valence-electron chi connectivity index (χ1n) is 16.0. The third-order valence-corrected chi connectivity index (χ3v) is 7.30. The number of nitrogens with zero attached hydrogens (tertiary/aromatic N) is 3. The van der Waals surface area contributed by atoms with E-state index in [4.69, 9.17) is 0 Å². The Labute approximate surface area is 284 Å². The molecule has 5 rings (SSSR count). The summed E-state index contributed by atoms with van der Waals surface area (Å²) in [6.07, 6.45) is 0.870. The van der Waals surface area contributed by atoms with Crippen LogP contribution in [0, 0.1) is 27.7 Å². The molecule has 0 unspecified atom stereocenters. The summed E-state index contributed by atoms with van der Waals surface area (Å²) in [4.78, 5) is 16.7. The van der Waals surface area contributed by atoms with Gasteiger partial charge in [-0.1, -0.05) is 84.4 Å². The van der Waals surface area contributed by atoms with E-state index in [1.807, 2.05) is 63.4 Å². The van der Waals surface area contributed by atoms with Crippen LogP contribution in [-0.4, -0.2) is 48.6 Å². The molecule has 5 heteroatoms. The van der Waals surface area contributed by atoms with Crippen molar-refractivity contribution < 1.29 is 4.79 Å². The second-order valence-corrected chi connectivity index (χ2v) is 12.2. The standard InChI is InChI=1S/C14H15N.C10H15N.C9H11NO.C9H13N/c1-12-6-5-9-14(10-12)15-11-13-7-3-2-4-8-13;1-8-5-6-9(2)10(7-8)11(3)4;1-10(2)9-6-4-3-5-8(9)7-11;1-8-4-6-9(7-5-8)10(2)3/h2-10,15H,11H2,1H3;5-7H,1-4H3;3-7H,1-2H3;4-7H,1-3H3. The summed E-state index contributed by atoms with van der Waals surface area (Å²) in [5, 5.41) is 3.40. The van der Waals surface area contributed by atoms with Crippen LogP contribution in [0.25, 0.3) is 0 Å². The van der Waals surface area contributed by atoms with Crippen LogP contribution in [0.3, 0.4) is 0 Å². The summed E-state index contributed by atoms with van der Waals surface area (Å²) < 4.78 is 0. The molecule has 0 fully saturated rings. The van der Waals surface area contributed by atoms with Crippen molar-refractivity contribution in [2.75, 3.05) is 62.3 Å². The van der Waals surface area contributed by atoms with Gasteiger partial charge in [0.15, 0.2) is 6.29 Å². The fourth-order valence-electron chi connectivity index (χ4n) is 4.59. The Balaban J connectivity index is 0.000000221. The number of hydrogen-bond donors (Lipinski definition) is 1. The molecule has 0 bridgehead atoms. The highest BCUT2D eigenvalue weighted by Crippen LogP contribution is 2.18. The Bertz CT molecular complexity index is 1610. The maximum atomic E-state index is 10.5. The van der Waals surface area contributed by atoms with Crippen molar-refractivity contribution in [2.24, 2.45) is 0 Å². The van der Waals surface area contributed by atoms with Crippen LogP contribution in [0.5, 0.6) is 0 Å². The van der Waals surface area contributed by atoms with Crippen molar-refractivity contribution in [1.29, 1.82) is 0 Å². The van der Waals surface area contributed by atoms with Crippen molar-refractivity contribution >= 4 is 29.0 Å². The minimum Gasteiger partial charge on any atom is -0.381 e. The first-order chi connectivity index (χ1) is 22.4. The molecule has 0 radical (unpaired) electrons. The molecule has 248 valence electrons. The number of aldehydes is 1. The number of nitrogens with one attached hydrogen (secondary N) is 1. The van der Waals surface area contributed by atoms with Gasteiger partial charge in [0.25, 0.3) is 0 Å². The van der Waals surface area contributed by atoms with Gasteiger partial charge in [-0.05, 0) is 92.4 Å². The second kappa shape index (κ2) is 20.2. The Morgan fingerprint density at radius 3 is 1.64 bits per heavy atom. The summed E-state index contributed by atoms with van der Waals surface area (Å²) in [6.45, 7) is 9.33. The molecule has 5 aromatic rings. The molecule has 0 aromatic heterocycles. The molecule has 0 spiro atoms. The summed E-state index contributed by atoms with van der Waals surface area (Å²) in [5.74, 6) is 0. The molecule has 0 saturated heterocycles. The van der Waals surface area contributed by atoms with Gasteiger partial charge in [-0.2, -0.15) is 0 Å². The van der Waals surface area contributed by atoms with E-state index >= 15 is 0 Å². The van der Waals surface area contributed by atoms with Crippen LogP contribution in [-0.2, 0) is 6.54 Å². The maximum absolute atomic E-state index is 10.5. The van der Waals surface area contributed by atoms with Crippen molar-refractivity contribution in [3.63, 3.8) is 0 Å². The van der Waals surface area contributed by atoms with Crippen molar-refractivity contribution in [3.8, 4) is 0 Å². The van der Waals surface area contributed by atoms with Gasteiger partial charge in [-0.25, -0.2) is 0 Å². The van der Waals surface area contributed by atoms with E-state index in [1.54, 1.807) is 0 Å². The van der Waals surface area contributed by atoms with Crippen molar-refractivity contribution in [2.45, 2.75) is 34.2 Å². The van der Waals surface area contributed by atoms with Gasteiger partial charge in [0.05, 0.1) is 0 Å². The molecular formula is C42H54N4O. The van der Waals surface area contributed by atoms with E-state index in [0.717, 1.165) is 24.1 Å². The molecular weight excluding hydrogens is 576 g/mol. The summed E-state index contributed by atoms with van der Waals surface area (Å²) in [5.41, 5.74) is 12.0. The molecule has 47 heavy (non-hydrogen) atoms. The molecule has 0 aliphatic carbocycles. The van der Waals surface area contributed by atoms with Gasteiger partial charge in [-0.3, -0.25) is 4.79 Å². The number of rotatable bonds is 7. The SMILES string of the molecule is CN(C)c1ccccc1C=O.Cc1ccc(C)c(N(C)C)c1.Cc1ccc(N(C)C)cc1.Cc1cccc(NCc2ccccc2)c1. The molecule has 0 aliphatic heterocycles. The predicted octanol–water partition coefficient (Wildman–Crippen LogP) is 9.60. The van der Waals surface area contributed by atoms with Gasteiger partial charge < -0.3 is 20.0 Å². The van der Waals surface area contributed by atoms with E-state index in [-0.39, 0.29) is 0 Å². The largest absolute Gasteiger partial charge is 0.381 e. The zero-order valence-electron chi connectivity index (χ0n) is 30.1. The van der Waals surface area contributed by atoms with Crippen LogP contribution < -0.4 is 20.0 Å². The number of carbonyl (C=O) groups is 1. The Kier molecular flexibility index (Phi) is 16.4. The van der Waals surface area contributed by atoms with E-state index in [2.05, 4.69) is 148 Å². The molecule has 5 aromatic carbocycles. The highest BCUT2D eigenvalue weighted by atomic mass is 16.1. The Hall–Kier alpha value is -5.03. The molecule has 0 aliphatic rings. The third-order valence-electron chi connectivity index (χ3n) is 7.30. The predicted molar refractivity (Wildman–Crippen MR) is 207 cm³/mol. The monoisotopic (exact) mass is 630 g/mol. The number of aryl methyl sites for hydroxylation is 4. The summed E-state index contributed by atoms with van der Waals surface area (Å²) >= 11 is 0. The first-order valence-corrected chi connectivity index (χ1v) is 16.0. The number of carbonyl (C=O) groups excluding carboxylic acids is 1. The lowest BCUT2D eigenvalue weighted by Crippen LogP contribution is -2.10. The summed E-state index contributed by atoms with van der Waals surface area (Å²) in [6, 6.07) is 41.3. The average Bonchev–Trinajstić information content (AvgIpc) is 3.06. The van der Waals surface area contributed by atoms with Crippen LogP contribution in [0.15, 0.2) is 121 Å². The topological polar surface area (TPSA) is 38.8 Å². The molecule has 0 heterocycles. The van der Waals surface area contributed by atoms with Crippen LogP contribution in [0.2, 0.25) is 0 Å². The van der Waals surface area contributed by atoms with Crippen LogP contribution in [0.1, 0.15) is 38.2 Å². The van der Waals surface area contributed by atoms with Gasteiger partial charge in [0.2, 0.25) is 0 Å². The van der Waals surface area contributed by atoms with Gasteiger partial charge in [0.1, 0.15) is 0 Å². The molecule has 0 amide bonds. The highest BCUT2D eigenvalue weighted by molar-refractivity contribution is 5.84. The first kappa shape index (κ1) is 38.2. The minimum atomic E-state index is 0.734. The van der Waals surface area contributed by atoms with Gasteiger partial charge in [0, 0.05) is 77.1 Å². The lowest BCUT2D eigenvalue weighted by Gasteiger charge is -2.15. The fourth-order valence-corrected chi connectivity index (χ4v) is 4.59. The molecule has 0 saturated carbocycles. The zero-order chi connectivity index (χ0) is 34.8. The lowest BCUT2D eigenvalue weighted by molar-refractivity contribution is 0.112. The van der Waals surface area contributed by atoms with Crippen LogP contribution in [0.4, 0.5) is 22.7 Å². The van der Waals surface area contributed by atoms with E-state index in [1.165, 1.54) is 44.9 Å². The third kappa shape index (κ3) is 14.3. The summed E-state index contributed by atoms with van der Waals surface area (Å²) in [7, 11) is 12.1. The van der Waals surface area contributed by atoms with Gasteiger partial charge in [-0.15, -0.1) is 0 Å². The normalized spacial score (nSPS) is 9.66. The van der Waals surface area contributed by atoms with Crippen molar-refractivity contribution in [3.05, 3.63) is 155 Å². The minimum absolute atomic E-state index is 0.734. The molecule has 1 N–H and O–H groups in total. The Morgan fingerprint density at radius 2 is 1.11 bits per heavy atom. The maximum Gasteiger partial charge on any atom is 0.152 e. The average molecular weight is 631 g/mol. The van der Waals surface area contributed by atoms with E-state index < -0.39 is 0 Å². The van der Waals surface area contributed by atoms with E-state index in [0.29, 0.717) is 0 Å². The van der Waals surface area contributed by atoms with Gasteiger partial charge >= 0.3 is 0 Å². The van der Waals surface area contributed by atoms with Crippen molar-refractivity contribution in [1.82, 2.24) is 0 Å². The molecule has 0 atom stereocenters. The number of benzene rings is 5. The van der Waals surface area contributed by atoms with E-state index in [9.17, 15) is 4.79 Å². The quantitative estimate of drug-likeness (QED) is 0.181. The Morgan fingerprint density at radius 1 is 0.532 bits per heavy atom. The fraction of sp³-hybridized carbons (Fsp3) is 0.262. The number of para-hydroxylation sites is 1. The number of hydrogen-bond acceptors (Lipinski definition) is 5. The smallest absolute Gasteiger partial charge is 0.152 e. The zero-order valence-corrected chi connectivity index (χ0v) is 30.1. The highest BCUT2D eigenvalue weighted by Gasteiger charge is 2.00. The molecule has 5 nitrogen and oxygen atoms in total. The lowest BCUT2D eigenvalue weighted by atomic mass is 10.1. The second-order valence-electron chi connectivity index (χ2n) is 12.2. The number of anilines is 4.